The minimum Gasteiger partial charge on any atom is -0.497 e. The number of piperidine rings is 1. The van der Waals surface area contributed by atoms with E-state index in [1.165, 1.54) is 32.9 Å². The SMILES string of the molecule is COc1ccc(N2CCN(S(=O)(=O)c3ccc(S(=O)(=O)N4CCCC[C@@H]4C)cc3)CC2)cc1. The summed E-state index contributed by atoms with van der Waals surface area (Å²) in [6.45, 7) is 4.29. The van der Waals surface area contributed by atoms with Crippen LogP contribution in [-0.2, 0) is 20.0 Å². The second kappa shape index (κ2) is 9.61. The van der Waals surface area contributed by atoms with Gasteiger partial charge in [0.05, 0.1) is 16.9 Å². The van der Waals surface area contributed by atoms with Gasteiger partial charge in [-0.2, -0.15) is 8.61 Å². The Bertz CT molecular complexity index is 1160. The minimum atomic E-state index is -3.70. The number of ether oxygens (including phenoxy) is 1. The summed E-state index contributed by atoms with van der Waals surface area (Å²) in [4.78, 5) is 2.39. The lowest BCUT2D eigenvalue weighted by atomic mass is 10.1. The normalized spacial score (nSPS) is 21.2. The number of methoxy groups -OCH3 is 1. The van der Waals surface area contributed by atoms with Gasteiger partial charge in [-0.15, -0.1) is 0 Å². The fraction of sp³-hybridized carbons (Fsp3) is 0.478. The number of hydrogen-bond donors (Lipinski definition) is 0. The van der Waals surface area contributed by atoms with E-state index in [9.17, 15) is 16.8 Å². The number of hydrogen-bond acceptors (Lipinski definition) is 6. The van der Waals surface area contributed by atoms with Crippen molar-refractivity contribution in [3.05, 3.63) is 48.5 Å². The summed E-state index contributed by atoms with van der Waals surface area (Å²) in [5, 5.41) is 0. The molecule has 1 atom stereocenters. The Morgan fingerprint density at radius 3 is 1.88 bits per heavy atom. The molecule has 2 saturated heterocycles. The molecule has 8 nitrogen and oxygen atoms in total. The molecule has 0 bridgehead atoms. The van der Waals surface area contributed by atoms with Crippen LogP contribution < -0.4 is 9.64 Å². The smallest absolute Gasteiger partial charge is 0.243 e. The molecule has 4 rings (SSSR count). The standard InChI is InChI=1S/C23H31N3O5S2/c1-19-5-3-4-14-26(19)33(29,30)23-12-10-22(11-13-23)32(27,28)25-17-15-24(16-18-25)20-6-8-21(31-2)9-7-20/h6-13,19H,3-5,14-18H2,1-2H3/t19-/m0/s1. The van der Waals surface area contributed by atoms with Crippen LogP contribution in [-0.4, -0.2) is 71.3 Å². The molecule has 0 radical (unpaired) electrons. The molecule has 2 aliphatic heterocycles. The Morgan fingerprint density at radius 2 is 1.33 bits per heavy atom. The van der Waals surface area contributed by atoms with Crippen molar-refractivity contribution in [2.75, 3.05) is 44.7 Å². The molecule has 0 aromatic heterocycles. The first-order chi connectivity index (χ1) is 15.7. The van der Waals surface area contributed by atoms with E-state index in [-0.39, 0.29) is 15.8 Å². The van der Waals surface area contributed by atoms with Crippen LogP contribution in [0, 0.1) is 0 Å². The first-order valence-electron chi connectivity index (χ1n) is 11.2. The van der Waals surface area contributed by atoms with Gasteiger partial charge >= 0.3 is 0 Å². The van der Waals surface area contributed by atoms with Gasteiger partial charge in [-0.1, -0.05) is 6.42 Å². The van der Waals surface area contributed by atoms with Gasteiger partial charge in [-0.25, -0.2) is 16.8 Å². The van der Waals surface area contributed by atoms with Crippen molar-refractivity contribution in [3.63, 3.8) is 0 Å². The number of nitrogens with zero attached hydrogens (tertiary/aromatic N) is 3. The van der Waals surface area contributed by atoms with Gasteiger partial charge in [-0.05, 0) is 68.3 Å². The number of benzene rings is 2. The van der Waals surface area contributed by atoms with Crippen LogP contribution in [0.1, 0.15) is 26.2 Å². The molecular formula is C23H31N3O5S2. The van der Waals surface area contributed by atoms with Gasteiger partial charge < -0.3 is 9.64 Å². The van der Waals surface area contributed by atoms with E-state index >= 15 is 0 Å². The van der Waals surface area contributed by atoms with Crippen LogP contribution in [0.3, 0.4) is 0 Å². The molecule has 0 unspecified atom stereocenters. The molecule has 0 amide bonds. The summed E-state index contributed by atoms with van der Waals surface area (Å²) in [5.41, 5.74) is 1.02. The van der Waals surface area contributed by atoms with Crippen molar-refractivity contribution in [3.8, 4) is 5.75 Å². The molecule has 2 fully saturated rings. The highest BCUT2D eigenvalue weighted by Gasteiger charge is 2.32. The van der Waals surface area contributed by atoms with Crippen molar-refractivity contribution in [1.82, 2.24) is 8.61 Å². The first-order valence-corrected chi connectivity index (χ1v) is 14.1. The predicted molar refractivity (Wildman–Crippen MR) is 128 cm³/mol. The summed E-state index contributed by atoms with van der Waals surface area (Å²) in [7, 11) is -5.71. The van der Waals surface area contributed by atoms with Crippen LogP contribution in [0.25, 0.3) is 0 Å². The van der Waals surface area contributed by atoms with E-state index < -0.39 is 20.0 Å². The first kappa shape index (κ1) is 24.0. The summed E-state index contributed by atoms with van der Waals surface area (Å²) in [6, 6.07) is 13.3. The zero-order valence-corrected chi connectivity index (χ0v) is 20.7. The van der Waals surface area contributed by atoms with Crippen LogP contribution in [0.5, 0.6) is 5.75 Å². The zero-order chi connectivity index (χ0) is 23.6. The maximum Gasteiger partial charge on any atom is 0.243 e. The van der Waals surface area contributed by atoms with Gasteiger partial charge in [-0.3, -0.25) is 0 Å². The monoisotopic (exact) mass is 493 g/mol. The lowest BCUT2D eigenvalue weighted by Gasteiger charge is -2.35. The third-order valence-corrected chi connectivity index (χ3v) is 10.4. The summed E-state index contributed by atoms with van der Waals surface area (Å²) < 4.78 is 60.5. The van der Waals surface area contributed by atoms with E-state index in [4.69, 9.17) is 4.74 Å². The molecule has 33 heavy (non-hydrogen) atoms. The van der Waals surface area contributed by atoms with E-state index in [2.05, 4.69) is 4.90 Å². The maximum atomic E-state index is 13.2. The quantitative estimate of drug-likeness (QED) is 0.615. The van der Waals surface area contributed by atoms with E-state index in [0.717, 1.165) is 30.7 Å². The summed E-state index contributed by atoms with van der Waals surface area (Å²) in [5.74, 6) is 0.778. The lowest BCUT2D eigenvalue weighted by Crippen LogP contribution is -2.48. The van der Waals surface area contributed by atoms with Crippen molar-refractivity contribution < 1.29 is 21.6 Å². The largest absolute Gasteiger partial charge is 0.497 e. The highest BCUT2D eigenvalue weighted by atomic mass is 32.2. The molecule has 2 aromatic carbocycles. The number of anilines is 1. The Hall–Kier alpha value is -2.14. The molecule has 2 heterocycles. The number of piperazine rings is 1. The Kier molecular flexibility index (Phi) is 6.99. The molecule has 0 aliphatic carbocycles. The van der Waals surface area contributed by atoms with Gasteiger partial charge in [0.15, 0.2) is 0 Å². The summed E-state index contributed by atoms with van der Waals surface area (Å²) >= 11 is 0. The van der Waals surface area contributed by atoms with Gasteiger partial charge in [0, 0.05) is 44.5 Å². The van der Waals surface area contributed by atoms with Crippen molar-refractivity contribution >= 4 is 25.7 Å². The number of sulfonamides is 2. The average molecular weight is 494 g/mol. The molecular weight excluding hydrogens is 462 g/mol. The number of rotatable bonds is 6. The van der Waals surface area contributed by atoms with Crippen molar-refractivity contribution in [2.24, 2.45) is 0 Å². The second-order valence-electron chi connectivity index (χ2n) is 8.52. The predicted octanol–water partition coefficient (Wildman–Crippen LogP) is 2.77. The zero-order valence-electron chi connectivity index (χ0n) is 19.1. The van der Waals surface area contributed by atoms with Crippen molar-refractivity contribution in [2.45, 2.75) is 42.0 Å². The fourth-order valence-electron chi connectivity index (χ4n) is 4.48. The van der Waals surface area contributed by atoms with Gasteiger partial charge in [0.25, 0.3) is 0 Å². The Labute approximate surface area is 196 Å². The minimum absolute atomic E-state index is 0.0471. The molecule has 10 heteroatoms. The van der Waals surface area contributed by atoms with Crippen molar-refractivity contribution in [1.29, 1.82) is 0 Å². The molecule has 0 N–H and O–H groups in total. The van der Waals surface area contributed by atoms with E-state index in [1.54, 1.807) is 7.11 Å². The molecule has 0 saturated carbocycles. The van der Waals surface area contributed by atoms with Gasteiger partial charge in [0.2, 0.25) is 20.0 Å². The lowest BCUT2D eigenvalue weighted by molar-refractivity contribution is 0.268. The Morgan fingerprint density at radius 1 is 0.758 bits per heavy atom. The molecule has 180 valence electrons. The maximum absolute atomic E-state index is 13.2. The van der Waals surface area contributed by atoms with Gasteiger partial charge in [0.1, 0.15) is 5.75 Å². The van der Waals surface area contributed by atoms with Crippen LogP contribution >= 0.6 is 0 Å². The average Bonchev–Trinajstić information content (AvgIpc) is 2.84. The molecule has 2 aliphatic rings. The Balaban J connectivity index is 1.44. The fourth-order valence-corrected chi connectivity index (χ4v) is 7.60. The molecule has 0 spiro atoms. The van der Waals surface area contributed by atoms with Crippen LogP contribution in [0.15, 0.2) is 58.3 Å². The van der Waals surface area contributed by atoms with Crippen LogP contribution in [0.2, 0.25) is 0 Å². The summed E-state index contributed by atoms with van der Waals surface area (Å²) in [6.07, 6.45) is 2.71. The van der Waals surface area contributed by atoms with E-state index in [0.29, 0.717) is 32.7 Å². The highest BCUT2D eigenvalue weighted by Crippen LogP contribution is 2.27. The third-order valence-electron chi connectivity index (χ3n) is 6.49. The third kappa shape index (κ3) is 4.89. The highest BCUT2D eigenvalue weighted by molar-refractivity contribution is 7.89. The molecule has 2 aromatic rings. The van der Waals surface area contributed by atoms with E-state index in [1.807, 2.05) is 31.2 Å². The second-order valence-corrected chi connectivity index (χ2v) is 12.3. The van der Waals surface area contributed by atoms with Crippen LogP contribution in [0.4, 0.5) is 5.69 Å². The topological polar surface area (TPSA) is 87.2 Å².